The molecule has 4 heteroatoms. The number of hydrogen-bond donors (Lipinski definition) is 2. The minimum Gasteiger partial charge on any atom is -0.302 e. The van der Waals surface area contributed by atoms with Crippen LogP contribution in [0.4, 0.5) is 15.8 Å². The number of nitrogens with one attached hydrogen (secondary N) is 2. The van der Waals surface area contributed by atoms with Crippen LogP contribution in [0.15, 0.2) is 18.2 Å². The van der Waals surface area contributed by atoms with Crippen molar-refractivity contribution in [3.63, 3.8) is 0 Å². The van der Waals surface area contributed by atoms with Crippen LogP contribution in [-0.2, 0) is 0 Å². The number of anilines is 2. The summed E-state index contributed by atoms with van der Waals surface area (Å²) in [4.78, 5) is 0. The molecule has 70 valence electrons. The van der Waals surface area contributed by atoms with Gasteiger partial charge in [-0.1, -0.05) is 0 Å². The van der Waals surface area contributed by atoms with Crippen molar-refractivity contribution in [2.75, 3.05) is 10.4 Å². The van der Waals surface area contributed by atoms with Gasteiger partial charge in [0.2, 0.25) is 0 Å². The highest BCUT2D eigenvalue weighted by atomic mass is 19.1. The molecular formula is C9H12FN3. The van der Waals surface area contributed by atoms with Crippen LogP contribution in [-0.4, -0.2) is 6.04 Å². The van der Waals surface area contributed by atoms with Crippen LogP contribution in [0, 0.1) is 5.82 Å². The summed E-state index contributed by atoms with van der Waals surface area (Å²) in [6, 6.07) is 5.03. The van der Waals surface area contributed by atoms with Gasteiger partial charge in [0, 0.05) is 12.1 Å². The number of benzene rings is 1. The summed E-state index contributed by atoms with van der Waals surface area (Å²) in [7, 11) is 0. The second kappa shape index (κ2) is 2.88. The average molecular weight is 181 g/mol. The number of nitrogens with zero attached hydrogens (tertiary/aromatic N) is 1. The summed E-state index contributed by atoms with van der Waals surface area (Å²) in [6.45, 7) is 4.13. The lowest BCUT2D eigenvalue weighted by molar-refractivity contribution is 0.627. The fourth-order valence-electron chi connectivity index (χ4n) is 1.41. The summed E-state index contributed by atoms with van der Waals surface area (Å²) in [5.74, 6) is -0.223. The summed E-state index contributed by atoms with van der Waals surface area (Å²) >= 11 is 0. The molecule has 0 aromatic heterocycles. The molecule has 1 aromatic rings. The molecule has 3 nitrogen and oxygen atoms in total. The minimum atomic E-state index is -0.223. The summed E-state index contributed by atoms with van der Waals surface area (Å²) in [6.07, 6.45) is 0. The Hall–Kier alpha value is -1.29. The van der Waals surface area contributed by atoms with E-state index in [0.717, 1.165) is 11.4 Å². The number of halogens is 1. The molecule has 0 aliphatic carbocycles. The lowest BCUT2D eigenvalue weighted by Crippen LogP contribution is -2.41. The van der Waals surface area contributed by atoms with E-state index < -0.39 is 0 Å². The molecule has 0 saturated carbocycles. The zero-order valence-electron chi connectivity index (χ0n) is 7.63. The molecule has 1 aliphatic rings. The molecule has 0 unspecified atom stereocenters. The first-order valence-corrected chi connectivity index (χ1v) is 4.29. The molecule has 0 radical (unpaired) electrons. The highest BCUT2D eigenvalue weighted by molar-refractivity contribution is 5.73. The second-order valence-electron chi connectivity index (χ2n) is 3.36. The van der Waals surface area contributed by atoms with E-state index in [4.69, 9.17) is 0 Å². The highest BCUT2D eigenvalue weighted by Crippen LogP contribution is 2.30. The fraction of sp³-hybridized carbons (Fsp3) is 0.333. The van der Waals surface area contributed by atoms with Crippen molar-refractivity contribution in [2.24, 2.45) is 0 Å². The first-order valence-electron chi connectivity index (χ1n) is 4.29. The Bertz CT molecular complexity index is 325. The van der Waals surface area contributed by atoms with Crippen LogP contribution >= 0.6 is 0 Å². The first-order chi connectivity index (χ1) is 6.18. The van der Waals surface area contributed by atoms with Crippen molar-refractivity contribution < 1.29 is 4.39 Å². The minimum absolute atomic E-state index is 0.223. The predicted molar refractivity (Wildman–Crippen MR) is 50.8 cm³/mol. The maximum atomic E-state index is 12.8. The SMILES string of the molecule is CC(C)N1NNc2cc(F)ccc21. The third-order valence-corrected chi connectivity index (χ3v) is 2.05. The molecule has 0 bridgehead atoms. The summed E-state index contributed by atoms with van der Waals surface area (Å²) in [5, 5.41) is 1.95. The molecule has 0 saturated heterocycles. The number of hydrazine groups is 2. The quantitative estimate of drug-likeness (QED) is 0.692. The van der Waals surface area contributed by atoms with E-state index in [9.17, 15) is 4.39 Å². The summed E-state index contributed by atoms with van der Waals surface area (Å²) < 4.78 is 12.8. The fourth-order valence-corrected chi connectivity index (χ4v) is 1.41. The lowest BCUT2D eigenvalue weighted by atomic mass is 10.2. The molecule has 0 fully saturated rings. The van der Waals surface area contributed by atoms with E-state index >= 15 is 0 Å². The van der Waals surface area contributed by atoms with Crippen LogP contribution in [0.1, 0.15) is 13.8 Å². The third-order valence-electron chi connectivity index (χ3n) is 2.05. The molecule has 13 heavy (non-hydrogen) atoms. The highest BCUT2D eigenvalue weighted by Gasteiger charge is 2.20. The summed E-state index contributed by atoms with van der Waals surface area (Å²) in [5.41, 5.74) is 7.64. The van der Waals surface area contributed by atoms with Gasteiger partial charge in [-0.05, 0) is 26.0 Å². The van der Waals surface area contributed by atoms with Gasteiger partial charge in [-0.2, -0.15) is 0 Å². The molecule has 0 atom stereocenters. The lowest BCUT2D eigenvalue weighted by Gasteiger charge is -2.21. The normalized spacial score (nSPS) is 14.6. The van der Waals surface area contributed by atoms with Crippen LogP contribution < -0.4 is 16.0 Å². The Balaban J connectivity index is 2.38. The van der Waals surface area contributed by atoms with Gasteiger partial charge in [0.05, 0.1) is 11.4 Å². The van der Waals surface area contributed by atoms with E-state index in [1.165, 1.54) is 12.1 Å². The Labute approximate surface area is 76.5 Å². The van der Waals surface area contributed by atoms with Crippen LogP contribution in [0.2, 0.25) is 0 Å². The van der Waals surface area contributed by atoms with Crippen LogP contribution in [0.5, 0.6) is 0 Å². The van der Waals surface area contributed by atoms with Gasteiger partial charge in [-0.15, -0.1) is 5.53 Å². The molecule has 2 rings (SSSR count). The monoisotopic (exact) mass is 181 g/mol. The van der Waals surface area contributed by atoms with Crippen molar-refractivity contribution >= 4 is 11.4 Å². The molecular weight excluding hydrogens is 169 g/mol. The Morgan fingerprint density at radius 2 is 2.15 bits per heavy atom. The zero-order valence-corrected chi connectivity index (χ0v) is 7.63. The standard InChI is InChI=1S/C9H12FN3/c1-6(2)13-9-4-3-7(10)5-8(9)11-12-13/h3-6,11-12H,1-2H3. The molecule has 1 aromatic carbocycles. The average Bonchev–Trinajstić information content (AvgIpc) is 2.46. The number of hydrogen-bond acceptors (Lipinski definition) is 3. The maximum Gasteiger partial charge on any atom is 0.125 e. The molecule has 0 amide bonds. The van der Waals surface area contributed by atoms with E-state index in [2.05, 4.69) is 24.8 Å². The van der Waals surface area contributed by atoms with E-state index in [0.29, 0.717) is 6.04 Å². The Morgan fingerprint density at radius 1 is 1.38 bits per heavy atom. The van der Waals surface area contributed by atoms with Gasteiger partial charge < -0.3 is 5.43 Å². The van der Waals surface area contributed by atoms with Crippen LogP contribution in [0.25, 0.3) is 0 Å². The third kappa shape index (κ3) is 1.33. The number of fused-ring (bicyclic) bond motifs is 1. The van der Waals surface area contributed by atoms with Crippen molar-refractivity contribution in [1.29, 1.82) is 0 Å². The van der Waals surface area contributed by atoms with E-state index in [1.807, 2.05) is 5.01 Å². The van der Waals surface area contributed by atoms with Gasteiger partial charge in [0.25, 0.3) is 0 Å². The largest absolute Gasteiger partial charge is 0.302 e. The van der Waals surface area contributed by atoms with Gasteiger partial charge in [0.15, 0.2) is 0 Å². The maximum absolute atomic E-state index is 12.8. The topological polar surface area (TPSA) is 27.3 Å². The van der Waals surface area contributed by atoms with Crippen molar-refractivity contribution in [3.8, 4) is 0 Å². The van der Waals surface area contributed by atoms with Crippen molar-refractivity contribution in [2.45, 2.75) is 19.9 Å². The number of rotatable bonds is 1. The first kappa shape index (κ1) is 8.31. The van der Waals surface area contributed by atoms with Gasteiger partial charge in [0.1, 0.15) is 5.82 Å². The van der Waals surface area contributed by atoms with Crippen molar-refractivity contribution in [3.05, 3.63) is 24.0 Å². The Kier molecular flexibility index (Phi) is 1.84. The molecule has 2 N–H and O–H groups in total. The van der Waals surface area contributed by atoms with Gasteiger partial charge >= 0.3 is 0 Å². The zero-order chi connectivity index (χ0) is 9.42. The van der Waals surface area contributed by atoms with Crippen LogP contribution in [0.3, 0.4) is 0 Å². The predicted octanol–water partition coefficient (Wildman–Crippen LogP) is 1.89. The Morgan fingerprint density at radius 3 is 2.85 bits per heavy atom. The van der Waals surface area contributed by atoms with E-state index in [-0.39, 0.29) is 5.82 Å². The van der Waals surface area contributed by atoms with Crippen molar-refractivity contribution in [1.82, 2.24) is 5.53 Å². The van der Waals surface area contributed by atoms with Gasteiger partial charge in [-0.25, -0.2) is 4.39 Å². The van der Waals surface area contributed by atoms with Gasteiger partial charge in [-0.3, -0.25) is 5.01 Å². The molecule has 1 aliphatic heterocycles. The smallest absolute Gasteiger partial charge is 0.125 e. The molecule has 1 heterocycles. The molecule has 0 spiro atoms. The van der Waals surface area contributed by atoms with E-state index in [1.54, 1.807) is 6.07 Å². The second-order valence-corrected chi connectivity index (χ2v) is 3.36.